The van der Waals surface area contributed by atoms with Crippen molar-refractivity contribution >= 4 is 17.6 Å². The Hall–Kier alpha value is -2.62. The third kappa shape index (κ3) is 3.48. The first-order valence-corrected chi connectivity index (χ1v) is 8.28. The molecule has 0 spiro atoms. The van der Waals surface area contributed by atoms with Crippen molar-refractivity contribution in [1.82, 2.24) is 0 Å². The lowest BCUT2D eigenvalue weighted by Crippen LogP contribution is -2.27. The van der Waals surface area contributed by atoms with Gasteiger partial charge in [0.25, 0.3) is 0 Å². The number of ether oxygens (including phenoxy) is 1. The van der Waals surface area contributed by atoms with Gasteiger partial charge in [-0.1, -0.05) is 55.5 Å². The van der Waals surface area contributed by atoms with E-state index in [2.05, 4.69) is 6.92 Å². The molecule has 3 rings (SSSR count). The molecule has 1 heterocycles. The van der Waals surface area contributed by atoms with Gasteiger partial charge >= 0.3 is 5.97 Å². The second-order valence-electron chi connectivity index (χ2n) is 5.98. The molecule has 1 fully saturated rings. The average Bonchev–Trinajstić information content (AvgIpc) is 3.02. The van der Waals surface area contributed by atoms with E-state index in [9.17, 15) is 9.59 Å². The maximum absolute atomic E-state index is 12.4. The van der Waals surface area contributed by atoms with Gasteiger partial charge in [-0.2, -0.15) is 0 Å². The van der Waals surface area contributed by atoms with Gasteiger partial charge in [0.1, 0.15) is 6.61 Å². The maximum atomic E-state index is 12.4. The SMILES string of the molecule is CCc1ccccc1N1CC(C(=O)OCc2ccccc2)CC1=O. The predicted octanol–water partition coefficient (Wildman–Crippen LogP) is 3.35. The van der Waals surface area contributed by atoms with Crippen LogP contribution in [0, 0.1) is 5.92 Å². The van der Waals surface area contributed by atoms with Crippen molar-refractivity contribution in [3.05, 3.63) is 65.7 Å². The van der Waals surface area contributed by atoms with Crippen molar-refractivity contribution < 1.29 is 14.3 Å². The van der Waals surface area contributed by atoms with Crippen molar-refractivity contribution in [2.24, 2.45) is 5.92 Å². The molecule has 2 aromatic rings. The zero-order valence-corrected chi connectivity index (χ0v) is 13.8. The van der Waals surface area contributed by atoms with E-state index >= 15 is 0 Å². The van der Waals surface area contributed by atoms with Gasteiger partial charge in [-0.15, -0.1) is 0 Å². The van der Waals surface area contributed by atoms with Crippen molar-refractivity contribution in [1.29, 1.82) is 0 Å². The van der Waals surface area contributed by atoms with Crippen LogP contribution in [-0.4, -0.2) is 18.4 Å². The Labute approximate surface area is 142 Å². The predicted molar refractivity (Wildman–Crippen MR) is 92.5 cm³/mol. The highest BCUT2D eigenvalue weighted by molar-refractivity contribution is 6.00. The first-order chi connectivity index (χ1) is 11.7. The third-order valence-electron chi connectivity index (χ3n) is 4.35. The second-order valence-corrected chi connectivity index (χ2v) is 5.98. The minimum Gasteiger partial charge on any atom is -0.461 e. The number of esters is 1. The highest BCUT2D eigenvalue weighted by Crippen LogP contribution is 2.29. The number of carbonyl (C=O) groups excluding carboxylic acids is 2. The van der Waals surface area contributed by atoms with Crippen LogP contribution in [0.15, 0.2) is 54.6 Å². The lowest BCUT2D eigenvalue weighted by atomic mass is 10.1. The summed E-state index contributed by atoms with van der Waals surface area (Å²) in [6.45, 7) is 2.70. The topological polar surface area (TPSA) is 46.6 Å². The van der Waals surface area contributed by atoms with Crippen LogP contribution in [0.4, 0.5) is 5.69 Å². The van der Waals surface area contributed by atoms with E-state index < -0.39 is 5.92 Å². The molecule has 0 aromatic heterocycles. The van der Waals surface area contributed by atoms with Crippen molar-refractivity contribution in [2.75, 3.05) is 11.4 Å². The van der Waals surface area contributed by atoms with Crippen LogP contribution in [0.1, 0.15) is 24.5 Å². The van der Waals surface area contributed by atoms with E-state index in [0.717, 1.165) is 23.2 Å². The molecule has 1 unspecified atom stereocenters. The summed E-state index contributed by atoms with van der Waals surface area (Å²) in [4.78, 5) is 26.4. The molecule has 124 valence electrons. The first-order valence-electron chi connectivity index (χ1n) is 8.28. The minimum absolute atomic E-state index is 0.0161. The molecular formula is C20H21NO3. The number of benzene rings is 2. The standard InChI is InChI=1S/C20H21NO3/c1-2-16-10-6-7-11-18(16)21-13-17(12-19(21)22)20(23)24-14-15-8-4-3-5-9-15/h3-11,17H,2,12-14H2,1H3. The zero-order chi connectivity index (χ0) is 16.9. The number of carbonyl (C=O) groups is 2. The number of anilines is 1. The summed E-state index contributed by atoms with van der Waals surface area (Å²) in [5.41, 5.74) is 2.97. The van der Waals surface area contributed by atoms with Gasteiger partial charge < -0.3 is 9.64 Å². The molecule has 24 heavy (non-hydrogen) atoms. The molecule has 0 bridgehead atoms. The fraction of sp³-hybridized carbons (Fsp3) is 0.300. The lowest BCUT2D eigenvalue weighted by molar-refractivity contribution is -0.149. The van der Waals surface area contributed by atoms with Gasteiger partial charge in [0.2, 0.25) is 5.91 Å². The Morgan fingerprint density at radius 2 is 1.83 bits per heavy atom. The Morgan fingerprint density at radius 3 is 2.58 bits per heavy atom. The van der Waals surface area contributed by atoms with Crippen LogP contribution in [0.5, 0.6) is 0 Å². The number of nitrogens with zero attached hydrogens (tertiary/aromatic N) is 1. The molecule has 0 aliphatic carbocycles. The van der Waals surface area contributed by atoms with Crippen LogP contribution in [-0.2, 0) is 27.4 Å². The van der Waals surface area contributed by atoms with Gasteiger partial charge in [-0.3, -0.25) is 9.59 Å². The number of hydrogen-bond donors (Lipinski definition) is 0. The Kier molecular flexibility index (Phi) is 4.94. The molecule has 0 radical (unpaired) electrons. The van der Waals surface area contributed by atoms with Gasteiger partial charge in [0, 0.05) is 18.7 Å². The Morgan fingerprint density at radius 1 is 1.12 bits per heavy atom. The molecule has 1 amide bonds. The van der Waals surface area contributed by atoms with Crippen molar-refractivity contribution in [3.8, 4) is 0 Å². The summed E-state index contributed by atoms with van der Waals surface area (Å²) in [6, 6.07) is 17.4. The van der Waals surface area contributed by atoms with E-state index in [-0.39, 0.29) is 24.9 Å². The average molecular weight is 323 g/mol. The summed E-state index contributed by atoms with van der Waals surface area (Å²) in [5.74, 6) is -0.715. The fourth-order valence-electron chi connectivity index (χ4n) is 3.02. The minimum atomic E-state index is -0.397. The highest BCUT2D eigenvalue weighted by Gasteiger charge is 2.36. The van der Waals surface area contributed by atoms with Crippen molar-refractivity contribution in [2.45, 2.75) is 26.4 Å². The molecule has 1 aliphatic rings. The second kappa shape index (κ2) is 7.30. The summed E-state index contributed by atoms with van der Waals surface area (Å²) < 4.78 is 5.38. The largest absolute Gasteiger partial charge is 0.461 e. The van der Waals surface area contributed by atoms with E-state index in [4.69, 9.17) is 4.74 Å². The van der Waals surface area contributed by atoms with Gasteiger partial charge in [-0.25, -0.2) is 0 Å². The molecule has 0 saturated carbocycles. The van der Waals surface area contributed by atoms with Crippen molar-refractivity contribution in [3.63, 3.8) is 0 Å². The summed E-state index contributed by atoms with van der Waals surface area (Å²) in [6.07, 6.45) is 1.06. The van der Waals surface area contributed by atoms with Crippen LogP contribution >= 0.6 is 0 Å². The monoisotopic (exact) mass is 323 g/mol. The number of para-hydroxylation sites is 1. The molecule has 2 aromatic carbocycles. The Balaban J connectivity index is 1.65. The number of rotatable bonds is 5. The normalized spacial score (nSPS) is 17.1. The molecule has 0 N–H and O–H groups in total. The van der Waals surface area contributed by atoms with E-state index in [1.165, 1.54) is 0 Å². The molecule has 1 saturated heterocycles. The number of amides is 1. The number of hydrogen-bond acceptors (Lipinski definition) is 3. The summed E-state index contributed by atoms with van der Waals surface area (Å²) >= 11 is 0. The molecule has 1 atom stereocenters. The van der Waals surface area contributed by atoms with Crippen LogP contribution < -0.4 is 4.90 Å². The highest BCUT2D eigenvalue weighted by atomic mass is 16.5. The van der Waals surface area contributed by atoms with Crippen LogP contribution in [0.2, 0.25) is 0 Å². The quantitative estimate of drug-likeness (QED) is 0.793. The zero-order valence-electron chi connectivity index (χ0n) is 13.8. The van der Waals surface area contributed by atoms with Gasteiger partial charge in [0.15, 0.2) is 0 Å². The summed E-state index contributed by atoms with van der Waals surface area (Å²) in [7, 11) is 0. The fourth-order valence-corrected chi connectivity index (χ4v) is 3.02. The third-order valence-corrected chi connectivity index (χ3v) is 4.35. The van der Waals surface area contributed by atoms with Crippen LogP contribution in [0.3, 0.4) is 0 Å². The first kappa shape index (κ1) is 16.2. The van der Waals surface area contributed by atoms with E-state index in [1.807, 2.05) is 54.6 Å². The van der Waals surface area contributed by atoms with E-state index in [0.29, 0.717) is 6.54 Å². The number of aryl methyl sites for hydroxylation is 1. The molecule has 4 nitrogen and oxygen atoms in total. The maximum Gasteiger partial charge on any atom is 0.311 e. The Bertz CT molecular complexity index is 727. The van der Waals surface area contributed by atoms with Crippen LogP contribution in [0.25, 0.3) is 0 Å². The van der Waals surface area contributed by atoms with E-state index in [1.54, 1.807) is 4.90 Å². The van der Waals surface area contributed by atoms with Gasteiger partial charge in [0.05, 0.1) is 5.92 Å². The molecular weight excluding hydrogens is 302 g/mol. The molecule has 1 aliphatic heterocycles. The molecule has 4 heteroatoms. The lowest BCUT2D eigenvalue weighted by Gasteiger charge is -2.19. The smallest absolute Gasteiger partial charge is 0.311 e. The van der Waals surface area contributed by atoms with Gasteiger partial charge in [-0.05, 0) is 23.6 Å². The summed E-state index contributed by atoms with van der Waals surface area (Å²) in [5, 5.41) is 0.